The highest BCUT2D eigenvalue weighted by atomic mass is 35.5. The minimum atomic E-state index is -0.570. The Hall–Kier alpha value is -0.570. The Kier molecular flexibility index (Phi) is 4.39. The quantitative estimate of drug-likeness (QED) is 0.790. The van der Waals surface area contributed by atoms with Crippen molar-refractivity contribution in [2.45, 2.75) is 0 Å². The van der Waals surface area contributed by atoms with Gasteiger partial charge in [0.25, 0.3) is 0 Å². The van der Waals surface area contributed by atoms with Gasteiger partial charge in [0, 0.05) is 6.54 Å². The summed E-state index contributed by atoms with van der Waals surface area (Å²) in [6.07, 6.45) is 3.73. The predicted molar refractivity (Wildman–Crippen MR) is 59.4 cm³/mol. The van der Waals surface area contributed by atoms with E-state index in [4.69, 9.17) is 23.2 Å². The standard InChI is InChI=1S/C10H10Cl2FN/c1-14-4-2-3-7-5-8(11)10(13)9(12)6-7/h2-3,5-6,14H,4H2,1H3. The van der Waals surface area contributed by atoms with Crippen LogP contribution in [0.1, 0.15) is 5.56 Å². The van der Waals surface area contributed by atoms with Gasteiger partial charge in [-0.25, -0.2) is 4.39 Å². The van der Waals surface area contributed by atoms with E-state index in [0.717, 1.165) is 12.1 Å². The Morgan fingerprint density at radius 3 is 2.43 bits per heavy atom. The SMILES string of the molecule is CNCC=Cc1cc(Cl)c(F)c(Cl)c1. The number of likely N-dealkylation sites (N-methyl/N-ethyl adjacent to an activating group) is 1. The molecule has 0 heterocycles. The van der Waals surface area contributed by atoms with Gasteiger partial charge in [-0.2, -0.15) is 0 Å². The van der Waals surface area contributed by atoms with Crippen molar-refractivity contribution in [3.05, 3.63) is 39.6 Å². The summed E-state index contributed by atoms with van der Waals surface area (Å²) < 4.78 is 13.0. The van der Waals surface area contributed by atoms with Crippen LogP contribution in [0, 0.1) is 5.82 Å². The Morgan fingerprint density at radius 1 is 1.36 bits per heavy atom. The topological polar surface area (TPSA) is 12.0 Å². The van der Waals surface area contributed by atoms with Gasteiger partial charge in [0.15, 0.2) is 5.82 Å². The Balaban J connectivity index is 2.89. The molecule has 0 amide bonds. The van der Waals surface area contributed by atoms with Crippen molar-refractivity contribution in [2.24, 2.45) is 0 Å². The Bertz CT molecular complexity index is 327. The van der Waals surface area contributed by atoms with Gasteiger partial charge < -0.3 is 5.32 Å². The van der Waals surface area contributed by atoms with E-state index < -0.39 is 5.82 Å². The zero-order valence-electron chi connectivity index (χ0n) is 7.65. The largest absolute Gasteiger partial charge is 0.316 e. The van der Waals surface area contributed by atoms with Crippen LogP contribution in [-0.4, -0.2) is 13.6 Å². The molecule has 0 aliphatic rings. The second-order valence-corrected chi connectivity index (χ2v) is 3.57. The molecule has 0 unspecified atom stereocenters. The van der Waals surface area contributed by atoms with Gasteiger partial charge in [-0.3, -0.25) is 0 Å². The number of hydrogen-bond acceptors (Lipinski definition) is 1. The Labute approximate surface area is 92.5 Å². The molecule has 4 heteroatoms. The first-order valence-corrected chi connectivity index (χ1v) is 4.86. The molecule has 1 N–H and O–H groups in total. The molecule has 0 atom stereocenters. The summed E-state index contributed by atoms with van der Waals surface area (Å²) in [6, 6.07) is 3.07. The van der Waals surface area contributed by atoms with E-state index in [9.17, 15) is 4.39 Å². The Morgan fingerprint density at radius 2 is 1.93 bits per heavy atom. The predicted octanol–water partition coefficient (Wildman–Crippen LogP) is 3.37. The fourth-order valence-electron chi connectivity index (χ4n) is 0.984. The lowest BCUT2D eigenvalue weighted by atomic mass is 10.2. The van der Waals surface area contributed by atoms with Gasteiger partial charge >= 0.3 is 0 Å². The summed E-state index contributed by atoms with van der Waals surface area (Å²) in [4.78, 5) is 0. The first kappa shape index (κ1) is 11.5. The maximum absolute atomic E-state index is 13.0. The lowest BCUT2D eigenvalue weighted by Crippen LogP contribution is -2.03. The fourth-order valence-corrected chi connectivity index (χ4v) is 1.49. The van der Waals surface area contributed by atoms with Gasteiger partial charge in [0.05, 0.1) is 10.0 Å². The highest BCUT2D eigenvalue weighted by molar-refractivity contribution is 6.35. The summed E-state index contributed by atoms with van der Waals surface area (Å²) in [7, 11) is 1.84. The number of rotatable bonds is 3. The molecule has 0 fully saturated rings. The molecule has 1 rings (SSSR count). The number of nitrogens with one attached hydrogen (secondary N) is 1. The number of benzene rings is 1. The summed E-state index contributed by atoms with van der Waals surface area (Å²) in [5.74, 6) is -0.570. The molecule has 0 saturated heterocycles. The molecule has 0 aliphatic carbocycles. The highest BCUT2D eigenvalue weighted by Crippen LogP contribution is 2.25. The normalized spacial score (nSPS) is 11.1. The molecule has 76 valence electrons. The van der Waals surface area contributed by atoms with Crippen LogP contribution in [0.25, 0.3) is 6.08 Å². The van der Waals surface area contributed by atoms with Crippen molar-refractivity contribution in [3.63, 3.8) is 0 Å². The molecule has 14 heavy (non-hydrogen) atoms. The van der Waals surface area contributed by atoms with Crippen molar-refractivity contribution < 1.29 is 4.39 Å². The van der Waals surface area contributed by atoms with Gasteiger partial charge in [-0.05, 0) is 24.7 Å². The fraction of sp³-hybridized carbons (Fsp3) is 0.200. The average molecular weight is 234 g/mol. The van der Waals surface area contributed by atoms with E-state index in [2.05, 4.69) is 5.32 Å². The second kappa shape index (κ2) is 5.35. The summed E-state index contributed by atoms with van der Waals surface area (Å²) in [5, 5.41) is 3.04. The van der Waals surface area contributed by atoms with Crippen molar-refractivity contribution in [1.82, 2.24) is 5.32 Å². The first-order valence-electron chi connectivity index (χ1n) is 4.11. The minimum absolute atomic E-state index is 0.0432. The maximum Gasteiger partial charge on any atom is 0.160 e. The monoisotopic (exact) mass is 233 g/mol. The van der Waals surface area contributed by atoms with Crippen molar-refractivity contribution in [2.75, 3.05) is 13.6 Å². The van der Waals surface area contributed by atoms with E-state index in [-0.39, 0.29) is 10.0 Å². The van der Waals surface area contributed by atoms with Gasteiger partial charge in [-0.15, -0.1) is 0 Å². The van der Waals surface area contributed by atoms with Crippen molar-refractivity contribution in [1.29, 1.82) is 0 Å². The molecule has 1 aromatic carbocycles. The molecule has 0 radical (unpaired) electrons. The zero-order chi connectivity index (χ0) is 10.6. The van der Waals surface area contributed by atoms with Crippen LogP contribution in [0.15, 0.2) is 18.2 Å². The first-order chi connectivity index (χ1) is 6.65. The number of halogens is 3. The van der Waals surface area contributed by atoms with Gasteiger partial charge in [-0.1, -0.05) is 35.4 Å². The summed E-state index contributed by atoms with van der Waals surface area (Å²) in [5.41, 5.74) is 0.789. The van der Waals surface area contributed by atoms with Crippen LogP contribution in [0.5, 0.6) is 0 Å². The van der Waals surface area contributed by atoms with Crippen molar-refractivity contribution in [3.8, 4) is 0 Å². The van der Waals surface area contributed by atoms with Crippen LogP contribution in [0.2, 0.25) is 10.0 Å². The van der Waals surface area contributed by atoms with Crippen molar-refractivity contribution >= 4 is 29.3 Å². The minimum Gasteiger partial charge on any atom is -0.316 e. The third-order valence-electron chi connectivity index (χ3n) is 1.64. The molecule has 1 nitrogen and oxygen atoms in total. The lowest BCUT2D eigenvalue weighted by molar-refractivity contribution is 0.628. The van der Waals surface area contributed by atoms with Crippen LogP contribution in [0.3, 0.4) is 0 Å². The summed E-state index contributed by atoms with van der Waals surface area (Å²) in [6.45, 7) is 0.743. The van der Waals surface area contributed by atoms with Crippen LogP contribution in [-0.2, 0) is 0 Å². The zero-order valence-corrected chi connectivity index (χ0v) is 9.16. The molecular weight excluding hydrogens is 224 g/mol. The maximum atomic E-state index is 13.0. The van der Waals surface area contributed by atoms with E-state index in [1.54, 1.807) is 0 Å². The van der Waals surface area contributed by atoms with E-state index in [1.807, 2.05) is 19.2 Å². The van der Waals surface area contributed by atoms with Gasteiger partial charge in [0.2, 0.25) is 0 Å². The third kappa shape index (κ3) is 2.98. The smallest absolute Gasteiger partial charge is 0.160 e. The lowest BCUT2D eigenvalue weighted by Gasteiger charge is -1.99. The molecule has 1 aromatic rings. The molecule has 0 aliphatic heterocycles. The second-order valence-electron chi connectivity index (χ2n) is 2.76. The van der Waals surface area contributed by atoms with E-state index >= 15 is 0 Å². The van der Waals surface area contributed by atoms with E-state index in [1.165, 1.54) is 12.1 Å². The van der Waals surface area contributed by atoms with Crippen LogP contribution in [0.4, 0.5) is 4.39 Å². The molecular formula is C10H10Cl2FN. The van der Waals surface area contributed by atoms with Crippen LogP contribution < -0.4 is 5.32 Å². The van der Waals surface area contributed by atoms with E-state index in [0.29, 0.717) is 0 Å². The van der Waals surface area contributed by atoms with Gasteiger partial charge in [0.1, 0.15) is 0 Å². The molecule has 0 bridgehead atoms. The molecule has 0 saturated carbocycles. The number of hydrogen-bond donors (Lipinski definition) is 1. The molecule has 0 aromatic heterocycles. The van der Waals surface area contributed by atoms with Crippen LogP contribution >= 0.6 is 23.2 Å². The third-order valence-corrected chi connectivity index (χ3v) is 2.19. The highest BCUT2D eigenvalue weighted by Gasteiger charge is 2.05. The average Bonchev–Trinajstić information content (AvgIpc) is 2.14. The summed E-state index contributed by atoms with van der Waals surface area (Å²) >= 11 is 11.2. The molecule has 0 spiro atoms.